The highest BCUT2D eigenvalue weighted by molar-refractivity contribution is 5.95. The Morgan fingerprint density at radius 2 is 1.71 bits per heavy atom. The molecular weight excluding hydrogens is 308 g/mol. The normalized spacial score (nSPS) is 27.0. The third-order valence-corrected chi connectivity index (χ3v) is 4.68. The average Bonchev–Trinajstić information content (AvgIpc) is 2.48. The Morgan fingerprint density at radius 1 is 1.08 bits per heavy atom. The highest BCUT2D eigenvalue weighted by Crippen LogP contribution is 2.20. The first-order valence-corrected chi connectivity index (χ1v) is 9.14. The highest BCUT2D eigenvalue weighted by atomic mass is 16.5. The zero-order valence-electron chi connectivity index (χ0n) is 15.2. The summed E-state index contributed by atoms with van der Waals surface area (Å²) in [7, 11) is 0. The first kappa shape index (κ1) is 19.1. The second kappa shape index (κ2) is 9.34. The summed E-state index contributed by atoms with van der Waals surface area (Å²) < 4.78 is 5.79. The summed E-state index contributed by atoms with van der Waals surface area (Å²) >= 11 is 0. The second-order valence-electron chi connectivity index (χ2n) is 7.10. The van der Waals surface area contributed by atoms with Gasteiger partial charge in [-0.25, -0.2) is 4.79 Å². The summed E-state index contributed by atoms with van der Waals surface area (Å²) in [5.74, 6) is 0.459. The Kier molecular flexibility index (Phi) is 7.45. The fourth-order valence-electron chi connectivity index (χ4n) is 3.70. The van der Waals surface area contributed by atoms with E-state index >= 15 is 0 Å². The third kappa shape index (κ3) is 6.37. The number of carbonyl (C=O) groups is 2. The number of piperidine rings is 1. The van der Waals surface area contributed by atoms with Crippen LogP contribution in [0.5, 0.6) is 0 Å². The Labute approximate surface area is 145 Å². The van der Waals surface area contributed by atoms with Crippen molar-refractivity contribution in [1.82, 2.24) is 20.4 Å². The van der Waals surface area contributed by atoms with E-state index < -0.39 is 6.03 Å². The number of urea groups is 1. The minimum atomic E-state index is -0.409. The molecule has 0 aromatic heterocycles. The Hall–Kier alpha value is -1.18. The highest BCUT2D eigenvalue weighted by Gasteiger charge is 2.27. The molecule has 0 aromatic carbocycles. The van der Waals surface area contributed by atoms with Crippen molar-refractivity contribution < 1.29 is 14.3 Å². The fourth-order valence-corrected chi connectivity index (χ4v) is 3.70. The summed E-state index contributed by atoms with van der Waals surface area (Å²) in [6, 6.07) is -0.409. The molecule has 0 saturated carbocycles. The molecule has 2 aliphatic heterocycles. The standard InChI is InChI=1S/C17H32N4O3/c1-4-18-17(23)19-16(22)12-20-7-5-15(6-8-20)11-21-9-13(2)24-14(3)10-21/h13-15H,4-12H2,1-3H3,(H2,18,19,22,23). The van der Waals surface area contributed by atoms with Crippen LogP contribution in [0, 0.1) is 5.92 Å². The molecule has 7 nitrogen and oxygen atoms in total. The first-order valence-electron chi connectivity index (χ1n) is 9.14. The fraction of sp³-hybridized carbons (Fsp3) is 0.882. The molecular formula is C17H32N4O3. The van der Waals surface area contributed by atoms with Gasteiger partial charge in [-0.05, 0) is 52.6 Å². The summed E-state index contributed by atoms with van der Waals surface area (Å²) in [5, 5.41) is 4.93. The molecule has 3 amide bonds. The topological polar surface area (TPSA) is 73.9 Å². The predicted octanol–water partition coefficient (Wildman–Crippen LogP) is 0.653. The monoisotopic (exact) mass is 340 g/mol. The Balaban J connectivity index is 1.66. The minimum absolute atomic E-state index is 0.227. The van der Waals surface area contributed by atoms with E-state index in [4.69, 9.17) is 4.74 Å². The predicted molar refractivity (Wildman–Crippen MR) is 92.8 cm³/mol. The van der Waals surface area contributed by atoms with E-state index in [2.05, 4.69) is 34.3 Å². The van der Waals surface area contributed by atoms with Crippen molar-refractivity contribution in [3.63, 3.8) is 0 Å². The maximum absolute atomic E-state index is 11.8. The molecule has 0 radical (unpaired) electrons. The van der Waals surface area contributed by atoms with E-state index in [1.807, 2.05) is 6.92 Å². The summed E-state index contributed by atoms with van der Waals surface area (Å²) in [6.45, 7) is 11.9. The maximum Gasteiger partial charge on any atom is 0.321 e. The molecule has 138 valence electrons. The van der Waals surface area contributed by atoms with Gasteiger partial charge in [-0.1, -0.05) is 0 Å². The molecule has 2 unspecified atom stereocenters. The van der Waals surface area contributed by atoms with Crippen LogP contribution in [0.25, 0.3) is 0 Å². The van der Waals surface area contributed by atoms with Crippen LogP contribution in [-0.2, 0) is 9.53 Å². The van der Waals surface area contributed by atoms with Gasteiger partial charge in [0, 0.05) is 26.2 Å². The van der Waals surface area contributed by atoms with Crippen LogP contribution in [0.3, 0.4) is 0 Å². The molecule has 24 heavy (non-hydrogen) atoms. The van der Waals surface area contributed by atoms with Crippen LogP contribution < -0.4 is 10.6 Å². The van der Waals surface area contributed by atoms with Gasteiger partial charge >= 0.3 is 6.03 Å². The molecule has 0 bridgehead atoms. The van der Waals surface area contributed by atoms with E-state index in [0.717, 1.165) is 45.6 Å². The number of likely N-dealkylation sites (tertiary alicyclic amines) is 1. The molecule has 0 aromatic rings. The van der Waals surface area contributed by atoms with Crippen molar-refractivity contribution in [3.05, 3.63) is 0 Å². The van der Waals surface area contributed by atoms with Crippen LogP contribution in [0.15, 0.2) is 0 Å². The van der Waals surface area contributed by atoms with Gasteiger partial charge in [0.25, 0.3) is 0 Å². The molecule has 0 spiro atoms. The van der Waals surface area contributed by atoms with Crippen molar-refractivity contribution in [2.24, 2.45) is 5.92 Å². The molecule has 2 fully saturated rings. The average molecular weight is 340 g/mol. The number of morpholine rings is 1. The number of hydrogen-bond donors (Lipinski definition) is 2. The van der Waals surface area contributed by atoms with E-state index in [1.165, 1.54) is 0 Å². The Morgan fingerprint density at radius 3 is 2.29 bits per heavy atom. The summed E-state index contributed by atoms with van der Waals surface area (Å²) in [6.07, 6.45) is 2.84. The summed E-state index contributed by atoms with van der Waals surface area (Å²) in [5.41, 5.74) is 0. The molecule has 2 N–H and O–H groups in total. The third-order valence-electron chi connectivity index (χ3n) is 4.68. The van der Waals surface area contributed by atoms with Gasteiger partial charge in [-0.2, -0.15) is 0 Å². The number of rotatable bonds is 5. The van der Waals surface area contributed by atoms with Gasteiger partial charge < -0.3 is 10.1 Å². The van der Waals surface area contributed by atoms with Gasteiger partial charge in [0.15, 0.2) is 0 Å². The van der Waals surface area contributed by atoms with Crippen LogP contribution in [0.2, 0.25) is 0 Å². The number of nitrogens with one attached hydrogen (secondary N) is 2. The zero-order valence-corrected chi connectivity index (χ0v) is 15.2. The quantitative estimate of drug-likeness (QED) is 0.769. The molecule has 2 atom stereocenters. The Bertz CT molecular complexity index is 414. The van der Waals surface area contributed by atoms with Crippen LogP contribution in [0.1, 0.15) is 33.6 Å². The SMILES string of the molecule is CCNC(=O)NC(=O)CN1CCC(CN2CC(C)OC(C)C2)CC1. The lowest BCUT2D eigenvalue weighted by Crippen LogP contribution is -2.49. The number of hydrogen-bond acceptors (Lipinski definition) is 5. The minimum Gasteiger partial charge on any atom is -0.373 e. The molecule has 0 aliphatic carbocycles. The smallest absolute Gasteiger partial charge is 0.321 e. The summed E-state index contributed by atoms with van der Waals surface area (Å²) in [4.78, 5) is 27.8. The van der Waals surface area contributed by atoms with Crippen molar-refractivity contribution in [2.75, 3.05) is 45.8 Å². The second-order valence-corrected chi connectivity index (χ2v) is 7.10. The number of amides is 3. The molecule has 2 aliphatic rings. The molecule has 2 heterocycles. The molecule has 7 heteroatoms. The molecule has 2 rings (SSSR count). The van der Waals surface area contributed by atoms with E-state index in [-0.39, 0.29) is 5.91 Å². The molecule has 2 saturated heterocycles. The van der Waals surface area contributed by atoms with Crippen LogP contribution in [-0.4, -0.2) is 79.8 Å². The van der Waals surface area contributed by atoms with Crippen molar-refractivity contribution in [3.8, 4) is 0 Å². The van der Waals surface area contributed by atoms with Crippen molar-refractivity contribution >= 4 is 11.9 Å². The lowest BCUT2D eigenvalue weighted by molar-refractivity contribution is -0.121. The van der Waals surface area contributed by atoms with Gasteiger partial charge in [0.05, 0.1) is 18.8 Å². The van der Waals surface area contributed by atoms with Gasteiger partial charge in [0.1, 0.15) is 0 Å². The van der Waals surface area contributed by atoms with Crippen molar-refractivity contribution in [2.45, 2.75) is 45.8 Å². The van der Waals surface area contributed by atoms with E-state index in [1.54, 1.807) is 0 Å². The van der Waals surface area contributed by atoms with E-state index in [0.29, 0.717) is 31.2 Å². The largest absolute Gasteiger partial charge is 0.373 e. The lowest BCUT2D eigenvalue weighted by atomic mass is 9.95. The van der Waals surface area contributed by atoms with Crippen molar-refractivity contribution in [1.29, 1.82) is 0 Å². The van der Waals surface area contributed by atoms with Crippen LogP contribution >= 0.6 is 0 Å². The van der Waals surface area contributed by atoms with Gasteiger partial charge in [0.2, 0.25) is 5.91 Å². The number of nitrogens with zero attached hydrogens (tertiary/aromatic N) is 2. The zero-order chi connectivity index (χ0) is 17.5. The lowest BCUT2D eigenvalue weighted by Gasteiger charge is -2.39. The maximum atomic E-state index is 11.8. The number of ether oxygens (including phenoxy) is 1. The number of imide groups is 1. The van der Waals surface area contributed by atoms with Gasteiger partial charge in [-0.15, -0.1) is 0 Å². The van der Waals surface area contributed by atoms with Crippen LogP contribution in [0.4, 0.5) is 4.79 Å². The number of carbonyl (C=O) groups excluding carboxylic acids is 2. The van der Waals surface area contributed by atoms with Gasteiger partial charge in [-0.3, -0.25) is 19.9 Å². The van der Waals surface area contributed by atoms with E-state index in [9.17, 15) is 9.59 Å². The first-order chi connectivity index (χ1) is 11.5.